The van der Waals surface area contributed by atoms with E-state index in [0.29, 0.717) is 17.5 Å². The molecule has 4 heteroatoms. The van der Waals surface area contributed by atoms with Gasteiger partial charge in [0.25, 0.3) is 0 Å². The van der Waals surface area contributed by atoms with Crippen molar-refractivity contribution >= 4 is 0 Å². The molecule has 0 aromatic heterocycles. The van der Waals surface area contributed by atoms with Gasteiger partial charge in [0.2, 0.25) is 0 Å². The molecule has 0 aliphatic rings. The van der Waals surface area contributed by atoms with Gasteiger partial charge in [0.1, 0.15) is 0 Å². The molecule has 1 aromatic rings. The van der Waals surface area contributed by atoms with Gasteiger partial charge >= 0.3 is 0 Å². The fourth-order valence-electron chi connectivity index (χ4n) is 1.55. The molecule has 15 heavy (non-hydrogen) atoms. The molecular formula is C11H16F2N2. The van der Waals surface area contributed by atoms with Gasteiger partial charge in [-0.1, -0.05) is 25.5 Å². The highest BCUT2D eigenvalue weighted by Gasteiger charge is 2.17. The molecule has 3 N–H and O–H groups in total. The third-order valence-electron chi connectivity index (χ3n) is 2.46. The van der Waals surface area contributed by atoms with Gasteiger partial charge in [-0.3, -0.25) is 11.3 Å². The summed E-state index contributed by atoms with van der Waals surface area (Å²) in [4.78, 5) is 0. The molecule has 1 rings (SSSR count). The smallest absolute Gasteiger partial charge is 0.163 e. The highest BCUT2D eigenvalue weighted by Crippen LogP contribution is 2.24. The van der Waals surface area contributed by atoms with Crippen LogP contribution < -0.4 is 11.3 Å². The maximum absolute atomic E-state index is 13.6. The summed E-state index contributed by atoms with van der Waals surface area (Å²) in [6, 6.07) is 2.81. The largest absolute Gasteiger partial charge is 0.271 e. The monoisotopic (exact) mass is 214 g/mol. The van der Waals surface area contributed by atoms with E-state index in [4.69, 9.17) is 5.84 Å². The van der Waals surface area contributed by atoms with Crippen molar-refractivity contribution in [1.29, 1.82) is 0 Å². The first kappa shape index (κ1) is 12.1. The van der Waals surface area contributed by atoms with Crippen molar-refractivity contribution in [3.8, 4) is 0 Å². The Morgan fingerprint density at radius 2 is 2.00 bits per heavy atom. The molecule has 0 aliphatic carbocycles. The van der Waals surface area contributed by atoms with E-state index < -0.39 is 11.6 Å². The first-order chi connectivity index (χ1) is 7.11. The van der Waals surface area contributed by atoms with Gasteiger partial charge in [0, 0.05) is 11.6 Å². The molecule has 1 atom stereocenters. The number of benzene rings is 1. The SMILES string of the molecule is CCCC(NN)c1ccc(C)c(F)c1F. The lowest BCUT2D eigenvalue weighted by molar-refractivity contribution is 0.447. The summed E-state index contributed by atoms with van der Waals surface area (Å²) >= 11 is 0. The van der Waals surface area contributed by atoms with Crippen LogP contribution in [-0.2, 0) is 0 Å². The molecule has 0 spiro atoms. The predicted molar refractivity (Wildman–Crippen MR) is 56.1 cm³/mol. The Morgan fingerprint density at radius 3 is 2.53 bits per heavy atom. The number of nitrogens with two attached hydrogens (primary N) is 1. The first-order valence-electron chi connectivity index (χ1n) is 5.02. The minimum atomic E-state index is -0.800. The van der Waals surface area contributed by atoms with Crippen molar-refractivity contribution < 1.29 is 8.78 Å². The van der Waals surface area contributed by atoms with Crippen LogP contribution in [0.2, 0.25) is 0 Å². The molecule has 0 bridgehead atoms. The second kappa shape index (κ2) is 5.19. The van der Waals surface area contributed by atoms with Crippen LogP contribution in [0.15, 0.2) is 12.1 Å². The van der Waals surface area contributed by atoms with Crippen molar-refractivity contribution in [3.63, 3.8) is 0 Å². The fraction of sp³-hybridized carbons (Fsp3) is 0.455. The molecule has 1 unspecified atom stereocenters. The van der Waals surface area contributed by atoms with Crippen LogP contribution >= 0.6 is 0 Å². The number of aryl methyl sites for hydroxylation is 1. The van der Waals surface area contributed by atoms with E-state index in [1.165, 1.54) is 6.92 Å². The van der Waals surface area contributed by atoms with Crippen LogP contribution in [0.1, 0.15) is 36.9 Å². The van der Waals surface area contributed by atoms with Gasteiger partial charge in [-0.15, -0.1) is 0 Å². The predicted octanol–water partition coefficient (Wildman–Crippen LogP) is 2.58. The quantitative estimate of drug-likeness (QED) is 0.597. The second-order valence-electron chi connectivity index (χ2n) is 3.61. The summed E-state index contributed by atoms with van der Waals surface area (Å²) in [5, 5.41) is 0. The van der Waals surface area contributed by atoms with E-state index in [1.807, 2.05) is 6.92 Å². The Balaban J connectivity index is 3.07. The third kappa shape index (κ3) is 2.52. The molecule has 0 amide bonds. The van der Waals surface area contributed by atoms with E-state index in [-0.39, 0.29) is 6.04 Å². The van der Waals surface area contributed by atoms with Crippen LogP contribution in [0.3, 0.4) is 0 Å². The van der Waals surface area contributed by atoms with Crippen LogP contribution in [0.5, 0.6) is 0 Å². The second-order valence-corrected chi connectivity index (χ2v) is 3.61. The van der Waals surface area contributed by atoms with E-state index in [9.17, 15) is 8.78 Å². The zero-order chi connectivity index (χ0) is 11.4. The number of hydrazine groups is 1. The number of hydrogen-bond donors (Lipinski definition) is 2. The molecule has 1 aromatic carbocycles. The summed E-state index contributed by atoms with van der Waals surface area (Å²) < 4.78 is 26.8. The Hall–Kier alpha value is -1.00. The molecule has 0 heterocycles. The van der Waals surface area contributed by atoms with Gasteiger partial charge in [-0.2, -0.15) is 0 Å². The van der Waals surface area contributed by atoms with Crippen molar-refractivity contribution in [3.05, 3.63) is 34.9 Å². The normalized spacial score (nSPS) is 12.9. The fourth-order valence-corrected chi connectivity index (χ4v) is 1.55. The summed E-state index contributed by atoms with van der Waals surface area (Å²) in [6.07, 6.45) is 1.53. The lowest BCUT2D eigenvalue weighted by atomic mass is 10.0. The molecule has 0 saturated heterocycles. The molecule has 0 aliphatic heterocycles. The number of nitrogens with one attached hydrogen (secondary N) is 1. The Bertz CT molecular complexity index is 340. The number of hydrogen-bond acceptors (Lipinski definition) is 2. The van der Waals surface area contributed by atoms with E-state index in [0.717, 1.165) is 6.42 Å². The highest BCUT2D eigenvalue weighted by molar-refractivity contribution is 5.27. The topological polar surface area (TPSA) is 38.0 Å². The van der Waals surface area contributed by atoms with Crippen molar-refractivity contribution in [2.24, 2.45) is 5.84 Å². The lowest BCUT2D eigenvalue weighted by Crippen LogP contribution is -2.28. The van der Waals surface area contributed by atoms with Crippen LogP contribution in [0, 0.1) is 18.6 Å². The molecule has 84 valence electrons. The standard InChI is InChI=1S/C11H16F2N2/c1-3-4-9(15-14)8-6-5-7(2)10(12)11(8)13/h5-6,9,15H,3-4,14H2,1-2H3. The summed E-state index contributed by atoms with van der Waals surface area (Å²) in [5.41, 5.74) is 3.10. The number of halogens is 2. The van der Waals surface area contributed by atoms with E-state index >= 15 is 0 Å². The van der Waals surface area contributed by atoms with Gasteiger partial charge in [-0.05, 0) is 18.9 Å². The highest BCUT2D eigenvalue weighted by atomic mass is 19.2. The van der Waals surface area contributed by atoms with Crippen LogP contribution in [0.25, 0.3) is 0 Å². The molecular weight excluding hydrogens is 198 g/mol. The Morgan fingerprint density at radius 1 is 1.33 bits per heavy atom. The average molecular weight is 214 g/mol. The van der Waals surface area contributed by atoms with Crippen molar-refractivity contribution in [2.45, 2.75) is 32.7 Å². The molecule has 0 radical (unpaired) electrons. The summed E-state index contributed by atoms with van der Waals surface area (Å²) in [7, 11) is 0. The maximum Gasteiger partial charge on any atom is 0.163 e. The van der Waals surface area contributed by atoms with Gasteiger partial charge in [0.05, 0.1) is 0 Å². The van der Waals surface area contributed by atoms with E-state index in [1.54, 1.807) is 12.1 Å². The summed E-state index contributed by atoms with van der Waals surface area (Å²) in [5.74, 6) is 3.72. The third-order valence-corrected chi connectivity index (χ3v) is 2.46. The van der Waals surface area contributed by atoms with Gasteiger partial charge < -0.3 is 0 Å². The zero-order valence-corrected chi connectivity index (χ0v) is 8.98. The molecule has 2 nitrogen and oxygen atoms in total. The number of rotatable bonds is 4. The Kier molecular flexibility index (Phi) is 4.17. The van der Waals surface area contributed by atoms with Crippen LogP contribution in [-0.4, -0.2) is 0 Å². The zero-order valence-electron chi connectivity index (χ0n) is 8.98. The lowest BCUT2D eigenvalue weighted by Gasteiger charge is -2.16. The first-order valence-corrected chi connectivity index (χ1v) is 5.02. The van der Waals surface area contributed by atoms with Crippen molar-refractivity contribution in [2.75, 3.05) is 0 Å². The van der Waals surface area contributed by atoms with Crippen molar-refractivity contribution in [1.82, 2.24) is 5.43 Å². The van der Waals surface area contributed by atoms with Gasteiger partial charge in [0.15, 0.2) is 11.6 Å². The molecule has 0 saturated carbocycles. The van der Waals surface area contributed by atoms with Gasteiger partial charge in [-0.25, -0.2) is 8.78 Å². The Labute approximate surface area is 88.4 Å². The minimum absolute atomic E-state index is 0.294. The maximum atomic E-state index is 13.6. The molecule has 0 fully saturated rings. The van der Waals surface area contributed by atoms with Crippen LogP contribution in [0.4, 0.5) is 8.78 Å². The summed E-state index contributed by atoms with van der Waals surface area (Å²) in [6.45, 7) is 3.50. The average Bonchev–Trinajstić information content (AvgIpc) is 2.24. The minimum Gasteiger partial charge on any atom is -0.271 e. The van der Waals surface area contributed by atoms with E-state index in [2.05, 4.69) is 5.43 Å².